The molecule has 0 heterocycles. The summed E-state index contributed by atoms with van der Waals surface area (Å²) in [6.45, 7) is 0. The minimum atomic E-state index is -4.52. The van der Waals surface area contributed by atoms with E-state index in [0.29, 0.717) is 16.7 Å². The Kier molecular flexibility index (Phi) is 9.02. The highest BCUT2D eigenvalue weighted by atomic mass is 19.4. The van der Waals surface area contributed by atoms with E-state index >= 15 is 0 Å². The molecule has 0 aliphatic heterocycles. The van der Waals surface area contributed by atoms with Gasteiger partial charge in [-0.3, -0.25) is 9.59 Å². The van der Waals surface area contributed by atoms with E-state index in [1.54, 1.807) is 60.7 Å². The van der Waals surface area contributed by atoms with E-state index in [0.717, 1.165) is 19.2 Å². The molecule has 0 saturated heterocycles. The fourth-order valence-electron chi connectivity index (χ4n) is 3.63. The van der Waals surface area contributed by atoms with Crippen LogP contribution < -0.4 is 10.6 Å². The Morgan fingerprint density at radius 2 is 1.43 bits per heavy atom. The van der Waals surface area contributed by atoms with Gasteiger partial charge in [0.25, 0.3) is 11.8 Å². The summed E-state index contributed by atoms with van der Waals surface area (Å²) in [5.41, 5.74) is 0.220. The fourth-order valence-corrected chi connectivity index (χ4v) is 3.63. The highest BCUT2D eigenvalue weighted by Crippen LogP contribution is 2.29. The van der Waals surface area contributed by atoms with Gasteiger partial charge in [-0.15, -0.1) is 0 Å². The van der Waals surface area contributed by atoms with Crippen molar-refractivity contribution in [2.75, 3.05) is 7.11 Å². The molecule has 0 bridgehead atoms. The molecule has 194 valence electrons. The van der Waals surface area contributed by atoms with Gasteiger partial charge in [0.1, 0.15) is 6.04 Å². The van der Waals surface area contributed by atoms with Gasteiger partial charge in [0.05, 0.1) is 18.7 Å². The number of benzene rings is 3. The summed E-state index contributed by atoms with van der Waals surface area (Å²) in [7, 11) is 1.09. The lowest BCUT2D eigenvalue weighted by molar-refractivity contribution is -0.146. The monoisotopic (exact) mass is 514 g/mol. The van der Waals surface area contributed by atoms with Crippen LogP contribution in [0.15, 0.2) is 84.9 Å². The van der Waals surface area contributed by atoms with Gasteiger partial charge in [-0.1, -0.05) is 60.7 Å². The molecule has 0 fully saturated rings. The number of aliphatic hydroxyl groups excluding tert-OH is 1. The van der Waals surface area contributed by atoms with E-state index in [1.807, 2.05) is 0 Å². The van der Waals surface area contributed by atoms with Gasteiger partial charge >= 0.3 is 12.1 Å². The van der Waals surface area contributed by atoms with Crippen LogP contribution in [-0.4, -0.2) is 42.1 Å². The maximum Gasteiger partial charge on any atom is 0.416 e. The van der Waals surface area contributed by atoms with Gasteiger partial charge < -0.3 is 20.5 Å². The molecular formula is C27H25F3N2O5. The molecule has 0 radical (unpaired) electrons. The molecule has 10 heteroatoms. The summed E-state index contributed by atoms with van der Waals surface area (Å²) in [6, 6.07) is 18.1. The van der Waals surface area contributed by atoms with Crippen molar-refractivity contribution < 1.29 is 37.4 Å². The van der Waals surface area contributed by atoms with Crippen molar-refractivity contribution >= 4 is 17.8 Å². The molecule has 3 atom stereocenters. The maximum absolute atomic E-state index is 13.0. The van der Waals surface area contributed by atoms with Crippen LogP contribution in [0.1, 0.15) is 33.1 Å². The van der Waals surface area contributed by atoms with Crippen molar-refractivity contribution in [3.63, 3.8) is 0 Å². The first-order valence-corrected chi connectivity index (χ1v) is 11.2. The summed E-state index contributed by atoms with van der Waals surface area (Å²) in [6.07, 6.45) is -6.51. The van der Waals surface area contributed by atoms with E-state index < -0.39 is 47.7 Å². The molecule has 37 heavy (non-hydrogen) atoms. The average Bonchev–Trinajstić information content (AvgIpc) is 2.91. The quantitative estimate of drug-likeness (QED) is 0.380. The SMILES string of the molecule is COC(=O)[C@H](Cc1ccc(C(F)(F)F)cc1)NC(=O)[C@H](O)[C@@H](NC(=O)c1ccccc1)c1ccccc1. The summed E-state index contributed by atoms with van der Waals surface area (Å²) >= 11 is 0. The number of carbonyl (C=O) groups is 3. The predicted octanol–water partition coefficient (Wildman–Crippen LogP) is 3.44. The van der Waals surface area contributed by atoms with Crippen LogP contribution in [0.25, 0.3) is 0 Å². The maximum atomic E-state index is 13.0. The number of hydrogen-bond acceptors (Lipinski definition) is 5. The molecule has 0 aliphatic carbocycles. The Balaban J connectivity index is 1.79. The molecule has 0 aromatic heterocycles. The lowest BCUT2D eigenvalue weighted by Crippen LogP contribution is -2.51. The van der Waals surface area contributed by atoms with Crippen molar-refractivity contribution in [1.82, 2.24) is 10.6 Å². The number of nitrogens with one attached hydrogen (secondary N) is 2. The zero-order valence-corrected chi connectivity index (χ0v) is 19.7. The molecule has 3 N–H and O–H groups in total. The Labute approximate surface area is 211 Å². The minimum absolute atomic E-state index is 0.185. The second-order valence-electron chi connectivity index (χ2n) is 8.16. The van der Waals surface area contributed by atoms with Gasteiger partial charge in [-0.05, 0) is 35.4 Å². The Morgan fingerprint density at radius 1 is 0.865 bits per heavy atom. The highest BCUT2D eigenvalue weighted by molar-refractivity contribution is 5.95. The van der Waals surface area contributed by atoms with Gasteiger partial charge in [-0.2, -0.15) is 13.2 Å². The van der Waals surface area contributed by atoms with Crippen LogP contribution in [0, 0.1) is 0 Å². The number of ether oxygens (including phenoxy) is 1. The van der Waals surface area contributed by atoms with Gasteiger partial charge in [-0.25, -0.2) is 4.79 Å². The van der Waals surface area contributed by atoms with Crippen molar-refractivity contribution in [2.24, 2.45) is 0 Å². The number of aliphatic hydroxyl groups is 1. The molecule has 0 unspecified atom stereocenters. The molecular weight excluding hydrogens is 489 g/mol. The number of amides is 2. The van der Waals surface area contributed by atoms with Crippen LogP contribution in [0.5, 0.6) is 0 Å². The van der Waals surface area contributed by atoms with Crippen LogP contribution in [0.4, 0.5) is 13.2 Å². The second-order valence-corrected chi connectivity index (χ2v) is 8.16. The summed E-state index contributed by atoms with van der Waals surface area (Å²) in [5, 5.41) is 15.9. The zero-order valence-electron chi connectivity index (χ0n) is 19.7. The van der Waals surface area contributed by atoms with Gasteiger partial charge in [0.2, 0.25) is 0 Å². The second kappa shape index (κ2) is 12.2. The number of methoxy groups -OCH3 is 1. The molecule has 3 aromatic rings. The first kappa shape index (κ1) is 27.4. The number of halogens is 3. The number of esters is 1. The summed E-state index contributed by atoms with van der Waals surface area (Å²) in [4.78, 5) is 38.1. The standard InChI is InChI=1S/C27H25F3N2O5/c1-37-26(36)21(16-17-12-14-20(15-13-17)27(28,29)30)31-25(35)23(33)22(18-8-4-2-5-9-18)32-24(34)19-10-6-3-7-11-19/h2-15,21-23,33H,16H2,1H3,(H,31,35)(H,32,34)/t21-,22-,23+/m0/s1. The molecule has 0 spiro atoms. The van der Waals surface area contributed by atoms with E-state index in [2.05, 4.69) is 10.6 Å². The number of carbonyl (C=O) groups excluding carboxylic acids is 3. The highest BCUT2D eigenvalue weighted by Gasteiger charge is 2.33. The van der Waals surface area contributed by atoms with Gasteiger partial charge in [0.15, 0.2) is 6.10 Å². The van der Waals surface area contributed by atoms with Crippen molar-refractivity contribution in [2.45, 2.75) is 30.8 Å². The van der Waals surface area contributed by atoms with Crippen molar-refractivity contribution in [3.05, 3.63) is 107 Å². The molecule has 3 rings (SSSR count). The van der Waals surface area contributed by atoms with Crippen molar-refractivity contribution in [3.8, 4) is 0 Å². The summed E-state index contributed by atoms with van der Waals surface area (Å²) in [5.74, 6) is -2.37. The predicted molar refractivity (Wildman–Crippen MR) is 128 cm³/mol. The fraction of sp³-hybridized carbons (Fsp3) is 0.222. The lowest BCUT2D eigenvalue weighted by atomic mass is 9.99. The Hall–Kier alpha value is -4.18. The third-order valence-electron chi connectivity index (χ3n) is 5.59. The Morgan fingerprint density at radius 3 is 1.97 bits per heavy atom. The Bertz CT molecular complexity index is 1200. The smallest absolute Gasteiger partial charge is 0.416 e. The first-order chi connectivity index (χ1) is 17.6. The molecule has 3 aromatic carbocycles. The van der Waals surface area contributed by atoms with E-state index in [9.17, 15) is 32.7 Å². The number of hydrogen-bond donors (Lipinski definition) is 3. The normalized spacial score (nSPS) is 13.6. The lowest BCUT2D eigenvalue weighted by Gasteiger charge is -2.26. The minimum Gasteiger partial charge on any atom is -0.467 e. The van der Waals surface area contributed by atoms with Crippen LogP contribution in [0.3, 0.4) is 0 Å². The van der Waals surface area contributed by atoms with Crippen LogP contribution in [0.2, 0.25) is 0 Å². The van der Waals surface area contributed by atoms with Crippen LogP contribution >= 0.6 is 0 Å². The molecule has 7 nitrogen and oxygen atoms in total. The average molecular weight is 515 g/mol. The van der Waals surface area contributed by atoms with E-state index in [4.69, 9.17) is 4.74 Å². The summed E-state index contributed by atoms with van der Waals surface area (Å²) < 4.78 is 43.3. The third kappa shape index (κ3) is 7.40. The van der Waals surface area contributed by atoms with Crippen LogP contribution in [-0.2, 0) is 26.9 Å². The molecule has 0 saturated carbocycles. The topological polar surface area (TPSA) is 105 Å². The van der Waals surface area contributed by atoms with E-state index in [-0.39, 0.29) is 6.42 Å². The third-order valence-corrected chi connectivity index (χ3v) is 5.59. The van der Waals surface area contributed by atoms with Crippen molar-refractivity contribution in [1.29, 1.82) is 0 Å². The number of alkyl halides is 3. The first-order valence-electron chi connectivity index (χ1n) is 11.2. The van der Waals surface area contributed by atoms with Gasteiger partial charge in [0, 0.05) is 12.0 Å². The molecule has 0 aliphatic rings. The zero-order chi connectivity index (χ0) is 27.0. The number of rotatable bonds is 9. The molecule has 2 amide bonds. The van der Waals surface area contributed by atoms with E-state index in [1.165, 1.54) is 12.1 Å². The largest absolute Gasteiger partial charge is 0.467 e.